The van der Waals surface area contributed by atoms with Gasteiger partial charge in [-0.05, 0) is 49.1 Å². The topological polar surface area (TPSA) is 36.4 Å². The van der Waals surface area contributed by atoms with Crippen molar-refractivity contribution in [2.75, 3.05) is 24.5 Å². The molecular formula is C21H22FN3O. The van der Waals surface area contributed by atoms with E-state index in [0.29, 0.717) is 5.92 Å². The van der Waals surface area contributed by atoms with Crippen molar-refractivity contribution in [1.29, 1.82) is 0 Å². The summed E-state index contributed by atoms with van der Waals surface area (Å²) in [6, 6.07) is 12.7. The van der Waals surface area contributed by atoms with Crippen molar-refractivity contribution in [3.8, 4) is 0 Å². The van der Waals surface area contributed by atoms with Crippen LogP contribution in [-0.2, 0) is 10.2 Å². The molecule has 5 rings (SSSR count). The van der Waals surface area contributed by atoms with E-state index in [1.54, 1.807) is 12.1 Å². The maximum absolute atomic E-state index is 13.4. The van der Waals surface area contributed by atoms with Crippen LogP contribution in [0.15, 0.2) is 48.7 Å². The van der Waals surface area contributed by atoms with Gasteiger partial charge in [0.15, 0.2) is 0 Å². The standard InChI is InChI=1S/C21H22FN3O/c22-17-6-4-16(5-7-17)21(9-10-21)20(26)25-12-8-15-13-24(14-18(15)25)19-3-1-2-11-23-19/h1-7,11,15,18H,8-10,12-14H2. The van der Waals surface area contributed by atoms with E-state index in [1.165, 1.54) is 12.1 Å². The van der Waals surface area contributed by atoms with Gasteiger partial charge in [0.2, 0.25) is 5.91 Å². The van der Waals surface area contributed by atoms with Gasteiger partial charge in [-0.3, -0.25) is 4.79 Å². The molecule has 2 atom stereocenters. The second-order valence-electron chi connectivity index (χ2n) is 7.80. The van der Waals surface area contributed by atoms with E-state index >= 15 is 0 Å². The third-order valence-electron chi connectivity index (χ3n) is 6.34. The maximum atomic E-state index is 13.4. The Balaban J connectivity index is 1.36. The second-order valence-corrected chi connectivity index (χ2v) is 7.80. The van der Waals surface area contributed by atoms with Gasteiger partial charge >= 0.3 is 0 Å². The molecule has 1 saturated carbocycles. The van der Waals surface area contributed by atoms with Gasteiger partial charge in [-0.25, -0.2) is 9.37 Å². The summed E-state index contributed by atoms with van der Waals surface area (Å²) in [7, 11) is 0. The molecule has 2 saturated heterocycles. The van der Waals surface area contributed by atoms with Crippen molar-refractivity contribution in [2.45, 2.75) is 30.7 Å². The van der Waals surface area contributed by atoms with Crippen molar-refractivity contribution in [1.82, 2.24) is 9.88 Å². The molecule has 4 nitrogen and oxygen atoms in total. The Morgan fingerprint density at radius 2 is 1.92 bits per heavy atom. The summed E-state index contributed by atoms with van der Waals surface area (Å²) >= 11 is 0. The molecule has 134 valence electrons. The number of fused-ring (bicyclic) bond motifs is 1. The SMILES string of the molecule is O=C(N1CCC2CN(c3ccccn3)CC21)C1(c2ccc(F)cc2)CC1. The Hall–Kier alpha value is -2.43. The van der Waals surface area contributed by atoms with E-state index in [4.69, 9.17) is 0 Å². The lowest BCUT2D eigenvalue weighted by atomic mass is 9.93. The summed E-state index contributed by atoms with van der Waals surface area (Å²) in [5, 5.41) is 0. The zero-order valence-corrected chi connectivity index (χ0v) is 14.6. The predicted molar refractivity (Wildman–Crippen MR) is 97.4 cm³/mol. The normalized spacial score (nSPS) is 26.0. The number of likely N-dealkylation sites (tertiary alicyclic amines) is 1. The lowest BCUT2D eigenvalue weighted by Gasteiger charge is -2.29. The van der Waals surface area contributed by atoms with Crippen LogP contribution in [0, 0.1) is 11.7 Å². The molecule has 26 heavy (non-hydrogen) atoms. The summed E-state index contributed by atoms with van der Waals surface area (Å²) < 4.78 is 13.3. The van der Waals surface area contributed by atoms with Crippen LogP contribution in [0.3, 0.4) is 0 Å². The number of rotatable bonds is 3. The van der Waals surface area contributed by atoms with Crippen molar-refractivity contribution in [2.24, 2.45) is 5.92 Å². The minimum absolute atomic E-state index is 0.236. The first-order chi connectivity index (χ1) is 12.7. The van der Waals surface area contributed by atoms with Gasteiger partial charge in [0, 0.05) is 31.7 Å². The minimum atomic E-state index is -0.416. The summed E-state index contributed by atoms with van der Waals surface area (Å²) in [6.07, 6.45) is 4.62. The number of aromatic nitrogens is 1. The molecule has 0 radical (unpaired) electrons. The Bertz CT molecular complexity index is 819. The minimum Gasteiger partial charge on any atom is -0.354 e. The first-order valence-electron chi connectivity index (χ1n) is 9.40. The molecule has 1 aromatic heterocycles. The number of halogens is 1. The van der Waals surface area contributed by atoms with Crippen LogP contribution in [0.4, 0.5) is 10.2 Å². The zero-order chi connectivity index (χ0) is 17.7. The van der Waals surface area contributed by atoms with Crippen LogP contribution in [0.2, 0.25) is 0 Å². The monoisotopic (exact) mass is 351 g/mol. The van der Waals surface area contributed by atoms with Crippen LogP contribution in [-0.4, -0.2) is 41.5 Å². The molecule has 2 unspecified atom stereocenters. The van der Waals surface area contributed by atoms with Crippen molar-refractivity contribution in [3.05, 3.63) is 60.0 Å². The number of nitrogens with zero attached hydrogens (tertiary/aromatic N) is 3. The van der Waals surface area contributed by atoms with Gasteiger partial charge in [-0.1, -0.05) is 18.2 Å². The van der Waals surface area contributed by atoms with E-state index in [-0.39, 0.29) is 17.8 Å². The third kappa shape index (κ3) is 2.41. The number of carbonyl (C=O) groups is 1. The highest BCUT2D eigenvalue weighted by Gasteiger charge is 2.56. The Morgan fingerprint density at radius 1 is 1.12 bits per heavy atom. The second kappa shape index (κ2) is 5.79. The number of hydrogen-bond donors (Lipinski definition) is 0. The van der Waals surface area contributed by atoms with E-state index in [9.17, 15) is 9.18 Å². The van der Waals surface area contributed by atoms with Gasteiger partial charge in [-0.2, -0.15) is 0 Å². The zero-order valence-electron chi connectivity index (χ0n) is 14.6. The molecule has 0 N–H and O–H groups in total. The maximum Gasteiger partial charge on any atom is 0.233 e. The molecule has 3 fully saturated rings. The quantitative estimate of drug-likeness (QED) is 0.853. The first-order valence-corrected chi connectivity index (χ1v) is 9.40. The Kier molecular flexibility index (Phi) is 3.52. The van der Waals surface area contributed by atoms with Crippen LogP contribution < -0.4 is 4.90 Å². The van der Waals surface area contributed by atoms with Crippen molar-refractivity contribution in [3.63, 3.8) is 0 Å². The Morgan fingerprint density at radius 3 is 2.62 bits per heavy atom. The average molecular weight is 351 g/mol. The molecule has 1 aliphatic carbocycles. The molecule has 1 amide bonds. The van der Waals surface area contributed by atoms with E-state index < -0.39 is 5.41 Å². The third-order valence-corrected chi connectivity index (χ3v) is 6.34. The number of pyridine rings is 1. The summed E-state index contributed by atoms with van der Waals surface area (Å²) in [5.41, 5.74) is 0.549. The highest BCUT2D eigenvalue weighted by Crippen LogP contribution is 2.51. The van der Waals surface area contributed by atoms with Crippen LogP contribution in [0.1, 0.15) is 24.8 Å². The summed E-state index contributed by atoms with van der Waals surface area (Å²) in [5.74, 6) is 1.50. The molecule has 3 heterocycles. The van der Waals surface area contributed by atoms with E-state index in [1.807, 2.05) is 24.4 Å². The molecular weight excluding hydrogens is 329 g/mol. The molecule has 0 spiro atoms. The largest absolute Gasteiger partial charge is 0.354 e. The van der Waals surface area contributed by atoms with Gasteiger partial charge in [0.05, 0.1) is 11.5 Å². The van der Waals surface area contributed by atoms with Gasteiger partial charge in [0.1, 0.15) is 11.6 Å². The number of benzene rings is 1. The van der Waals surface area contributed by atoms with Crippen LogP contribution >= 0.6 is 0 Å². The predicted octanol–water partition coefficient (Wildman–Crippen LogP) is 2.99. The smallest absolute Gasteiger partial charge is 0.233 e. The number of carbonyl (C=O) groups excluding carboxylic acids is 1. The fourth-order valence-corrected chi connectivity index (χ4v) is 4.74. The molecule has 2 aliphatic heterocycles. The van der Waals surface area contributed by atoms with Crippen LogP contribution in [0.5, 0.6) is 0 Å². The van der Waals surface area contributed by atoms with Gasteiger partial charge in [-0.15, -0.1) is 0 Å². The lowest BCUT2D eigenvalue weighted by Crippen LogP contribution is -2.45. The molecule has 5 heteroatoms. The number of amides is 1. The highest BCUT2D eigenvalue weighted by atomic mass is 19.1. The number of anilines is 1. The van der Waals surface area contributed by atoms with Crippen LogP contribution in [0.25, 0.3) is 0 Å². The average Bonchev–Trinajstić information content (AvgIpc) is 3.22. The van der Waals surface area contributed by atoms with Gasteiger partial charge < -0.3 is 9.80 Å². The molecule has 3 aliphatic rings. The fraction of sp³-hybridized carbons (Fsp3) is 0.429. The van der Waals surface area contributed by atoms with Crippen molar-refractivity contribution < 1.29 is 9.18 Å². The molecule has 0 bridgehead atoms. The summed E-state index contributed by atoms with van der Waals surface area (Å²) in [6.45, 7) is 2.66. The van der Waals surface area contributed by atoms with Gasteiger partial charge in [0.25, 0.3) is 0 Å². The van der Waals surface area contributed by atoms with E-state index in [2.05, 4.69) is 14.8 Å². The molecule has 2 aromatic rings. The van der Waals surface area contributed by atoms with Crippen molar-refractivity contribution >= 4 is 11.7 Å². The highest BCUT2D eigenvalue weighted by molar-refractivity contribution is 5.92. The molecule has 1 aromatic carbocycles. The van der Waals surface area contributed by atoms with E-state index in [0.717, 1.165) is 50.3 Å². The first kappa shape index (κ1) is 15.8. The lowest BCUT2D eigenvalue weighted by molar-refractivity contribution is -0.134. The number of hydrogen-bond acceptors (Lipinski definition) is 3. The fourth-order valence-electron chi connectivity index (χ4n) is 4.74. The Labute approximate surface area is 152 Å². The summed E-state index contributed by atoms with van der Waals surface area (Å²) in [4.78, 5) is 22.3.